The van der Waals surface area contributed by atoms with Crippen LogP contribution in [-0.2, 0) is 19.0 Å². The van der Waals surface area contributed by atoms with Crippen molar-refractivity contribution in [2.24, 2.45) is 0 Å². The third-order valence-corrected chi connectivity index (χ3v) is 3.69. The first kappa shape index (κ1) is 19.0. The molecule has 0 amide bonds. The lowest BCUT2D eigenvalue weighted by Crippen LogP contribution is -2.22. The lowest BCUT2D eigenvalue weighted by Gasteiger charge is -2.22. The maximum Gasteiger partial charge on any atom is 0.306 e. The standard InChI is InChI=1S/C18H30O4/c1-20-17(19)13-9-7-5-3-2-4-6-8-11-15-21-18-14-10-12-16-22-18/h18H,2-4,6,8-16H2,1H3. The molecule has 0 bridgehead atoms. The molecule has 1 atom stereocenters. The second-order valence-corrected chi connectivity index (χ2v) is 5.61. The zero-order valence-electron chi connectivity index (χ0n) is 13.9. The fraction of sp³-hybridized carbons (Fsp3) is 0.833. The molecule has 1 aliphatic heterocycles. The Morgan fingerprint density at radius 2 is 1.86 bits per heavy atom. The van der Waals surface area contributed by atoms with Gasteiger partial charge in [0.1, 0.15) is 0 Å². The number of carbonyl (C=O) groups is 1. The smallest absolute Gasteiger partial charge is 0.306 e. The zero-order valence-corrected chi connectivity index (χ0v) is 13.9. The second kappa shape index (κ2) is 13.6. The van der Waals surface area contributed by atoms with Crippen molar-refractivity contribution in [3.63, 3.8) is 0 Å². The van der Waals surface area contributed by atoms with Crippen LogP contribution in [0.2, 0.25) is 0 Å². The fourth-order valence-electron chi connectivity index (χ4n) is 2.35. The van der Waals surface area contributed by atoms with Gasteiger partial charge in [0.2, 0.25) is 0 Å². The third kappa shape index (κ3) is 10.6. The van der Waals surface area contributed by atoms with Crippen LogP contribution < -0.4 is 0 Å². The summed E-state index contributed by atoms with van der Waals surface area (Å²) in [7, 11) is 1.41. The number of methoxy groups -OCH3 is 1. The van der Waals surface area contributed by atoms with Crippen molar-refractivity contribution >= 4 is 5.97 Å². The third-order valence-electron chi connectivity index (χ3n) is 3.69. The molecule has 0 aliphatic carbocycles. The Labute approximate surface area is 134 Å². The van der Waals surface area contributed by atoms with Gasteiger partial charge in [-0.2, -0.15) is 0 Å². The largest absolute Gasteiger partial charge is 0.469 e. The number of unbranched alkanes of at least 4 members (excludes halogenated alkanes) is 5. The molecule has 0 radical (unpaired) electrons. The predicted molar refractivity (Wildman–Crippen MR) is 86.3 cm³/mol. The number of carbonyl (C=O) groups excluding carboxylic acids is 1. The SMILES string of the molecule is COC(=O)CCC#CCCCCCCCOC1CCCCO1. The molecule has 1 saturated heterocycles. The van der Waals surface area contributed by atoms with Crippen LogP contribution in [0.1, 0.15) is 70.6 Å². The highest BCUT2D eigenvalue weighted by Gasteiger charge is 2.13. The predicted octanol–water partition coefficient (Wildman–Crippen LogP) is 3.83. The Morgan fingerprint density at radius 1 is 1.09 bits per heavy atom. The molecule has 0 aromatic rings. The summed E-state index contributed by atoms with van der Waals surface area (Å²) in [6, 6.07) is 0. The topological polar surface area (TPSA) is 44.8 Å². The van der Waals surface area contributed by atoms with Crippen LogP contribution in [0.5, 0.6) is 0 Å². The van der Waals surface area contributed by atoms with Gasteiger partial charge < -0.3 is 14.2 Å². The van der Waals surface area contributed by atoms with Crippen LogP contribution in [0.4, 0.5) is 0 Å². The van der Waals surface area contributed by atoms with E-state index in [1.54, 1.807) is 0 Å². The van der Waals surface area contributed by atoms with Crippen molar-refractivity contribution in [1.29, 1.82) is 0 Å². The molecule has 0 aromatic heterocycles. The Kier molecular flexibility index (Phi) is 11.7. The minimum Gasteiger partial charge on any atom is -0.469 e. The van der Waals surface area contributed by atoms with Gasteiger partial charge in [-0.3, -0.25) is 4.79 Å². The Bertz CT molecular complexity index is 337. The van der Waals surface area contributed by atoms with E-state index in [1.165, 1.54) is 39.2 Å². The van der Waals surface area contributed by atoms with E-state index in [0.717, 1.165) is 38.9 Å². The molecule has 0 saturated carbocycles. The number of hydrogen-bond donors (Lipinski definition) is 0. The molecule has 0 spiro atoms. The number of esters is 1. The molecular formula is C18H30O4. The van der Waals surface area contributed by atoms with Crippen LogP contribution >= 0.6 is 0 Å². The minimum atomic E-state index is -0.185. The summed E-state index contributed by atoms with van der Waals surface area (Å²) in [5.41, 5.74) is 0. The molecular weight excluding hydrogens is 280 g/mol. The molecule has 1 rings (SSSR count). The van der Waals surface area contributed by atoms with Crippen molar-refractivity contribution < 1.29 is 19.0 Å². The van der Waals surface area contributed by atoms with E-state index in [-0.39, 0.29) is 12.3 Å². The first-order chi connectivity index (χ1) is 10.8. The highest BCUT2D eigenvalue weighted by molar-refractivity contribution is 5.69. The lowest BCUT2D eigenvalue weighted by molar-refractivity contribution is -0.162. The summed E-state index contributed by atoms with van der Waals surface area (Å²) in [6.45, 7) is 1.67. The highest BCUT2D eigenvalue weighted by atomic mass is 16.7. The van der Waals surface area contributed by atoms with Gasteiger partial charge in [0.25, 0.3) is 0 Å². The maximum atomic E-state index is 10.9. The van der Waals surface area contributed by atoms with Gasteiger partial charge in [-0.05, 0) is 32.1 Å². The van der Waals surface area contributed by atoms with Crippen molar-refractivity contribution in [2.75, 3.05) is 20.3 Å². The monoisotopic (exact) mass is 310 g/mol. The molecule has 0 N–H and O–H groups in total. The lowest BCUT2D eigenvalue weighted by atomic mass is 10.1. The molecule has 1 fully saturated rings. The van der Waals surface area contributed by atoms with Gasteiger partial charge in [-0.25, -0.2) is 0 Å². The van der Waals surface area contributed by atoms with Crippen LogP contribution in [0.3, 0.4) is 0 Å². The van der Waals surface area contributed by atoms with Gasteiger partial charge >= 0.3 is 5.97 Å². The number of rotatable bonds is 10. The van der Waals surface area contributed by atoms with Crippen molar-refractivity contribution in [3.05, 3.63) is 0 Å². The van der Waals surface area contributed by atoms with E-state index in [0.29, 0.717) is 12.8 Å². The average Bonchev–Trinajstić information content (AvgIpc) is 2.56. The first-order valence-electron chi connectivity index (χ1n) is 8.58. The molecule has 1 unspecified atom stereocenters. The molecule has 126 valence electrons. The molecule has 22 heavy (non-hydrogen) atoms. The van der Waals surface area contributed by atoms with Gasteiger partial charge in [0.05, 0.1) is 13.5 Å². The summed E-state index contributed by atoms with van der Waals surface area (Å²) in [6.07, 6.45) is 11.3. The van der Waals surface area contributed by atoms with Crippen LogP contribution in [0, 0.1) is 11.8 Å². The zero-order chi connectivity index (χ0) is 15.9. The van der Waals surface area contributed by atoms with Crippen LogP contribution in [-0.4, -0.2) is 32.6 Å². The van der Waals surface area contributed by atoms with E-state index in [1.807, 2.05) is 0 Å². The summed E-state index contributed by atoms with van der Waals surface area (Å²) in [5, 5.41) is 0. The normalized spacial score (nSPS) is 17.6. The summed E-state index contributed by atoms with van der Waals surface area (Å²) < 4.78 is 15.8. The van der Waals surface area contributed by atoms with Crippen LogP contribution in [0.25, 0.3) is 0 Å². The van der Waals surface area contributed by atoms with E-state index < -0.39 is 0 Å². The molecule has 1 heterocycles. The van der Waals surface area contributed by atoms with Gasteiger partial charge in [-0.1, -0.05) is 19.3 Å². The Balaban J connectivity index is 1.79. The van der Waals surface area contributed by atoms with Gasteiger partial charge in [0.15, 0.2) is 6.29 Å². The minimum absolute atomic E-state index is 0.0500. The number of ether oxygens (including phenoxy) is 3. The van der Waals surface area contributed by atoms with Crippen molar-refractivity contribution in [1.82, 2.24) is 0 Å². The van der Waals surface area contributed by atoms with Crippen molar-refractivity contribution in [3.8, 4) is 11.8 Å². The van der Waals surface area contributed by atoms with E-state index in [2.05, 4.69) is 16.6 Å². The molecule has 4 heteroatoms. The molecule has 1 aliphatic rings. The summed E-state index contributed by atoms with van der Waals surface area (Å²) in [5.74, 6) is 5.94. The Morgan fingerprint density at radius 3 is 2.64 bits per heavy atom. The highest BCUT2D eigenvalue weighted by Crippen LogP contribution is 2.14. The first-order valence-corrected chi connectivity index (χ1v) is 8.58. The average molecular weight is 310 g/mol. The fourth-order valence-corrected chi connectivity index (χ4v) is 2.35. The molecule has 4 nitrogen and oxygen atoms in total. The van der Waals surface area contributed by atoms with E-state index in [9.17, 15) is 4.79 Å². The maximum absolute atomic E-state index is 10.9. The van der Waals surface area contributed by atoms with Crippen LogP contribution in [0.15, 0.2) is 0 Å². The quantitative estimate of drug-likeness (QED) is 0.349. The second-order valence-electron chi connectivity index (χ2n) is 5.61. The van der Waals surface area contributed by atoms with E-state index in [4.69, 9.17) is 9.47 Å². The van der Waals surface area contributed by atoms with Gasteiger partial charge in [0, 0.05) is 26.1 Å². The van der Waals surface area contributed by atoms with Crippen molar-refractivity contribution in [2.45, 2.75) is 76.9 Å². The Hall–Kier alpha value is -1.05. The summed E-state index contributed by atoms with van der Waals surface area (Å²) >= 11 is 0. The van der Waals surface area contributed by atoms with E-state index >= 15 is 0 Å². The van der Waals surface area contributed by atoms with Gasteiger partial charge in [-0.15, -0.1) is 11.8 Å². The molecule has 0 aromatic carbocycles. The summed E-state index contributed by atoms with van der Waals surface area (Å²) in [4.78, 5) is 10.9. The number of hydrogen-bond acceptors (Lipinski definition) is 4.